The molecule has 0 unspecified atom stereocenters. The van der Waals surface area contributed by atoms with E-state index in [2.05, 4.69) is 29.4 Å². The molecule has 3 aliphatic rings. The van der Waals surface area contributed by atoms with Crippen molar-refractivity contribution in [3.05, 3.63) is 60.3 Å². The summed E-state index contributed by atoms with van der Waals surface area (Å²) in [4.78, 5) is 28.6. The number of aromatic nitrogens is 2. The molecule has 1 saturated heterocycles. The second-order valence-corrected chi connectivity index (χ2v) is 11.8. The number of amides is 1. The van der Waals surface area contributed by atoms with Gasteiger partial charge in [0, 0.05) is 55.4 Å². The number of rotatable bonds is 7. The van der Waals surface area contributed by atoms with Crippen LogP contribution in [0.5, 0.6) is 11.8 Å². The Kier molecular flexibility index (Phi) is 7.99. The number of aromatic hydroxyl groups is 1. The first-order valence-corrected chi connectivity index (χ1v) is 15.2. The molecular weight excluding hydrogens is 514 g/mol. The minimum atomic E-state index is -0.0242. The van der Waals surface area contributed by atoms with Crippen LogP contribution in [0, 0.1) is 5.92 Å². The third-order valence-corrected chi connectivity index (χ3v) is 8.95. The number of phenols is 1. The van der Waals surface area contributed by atoms with Gasteiger partial charge < -0.3 is 24.5 Å². The first-order chi connectivity index (χ1) is 20.0. The molecule has 2 aliphatic heterocycles. The molecule has 41 heavy (non-hydrogen) atoms. The lowest BCUT2D eigenvalue weighted by Gasteiger charge is -2.38. The molecule has 1 N–H and O–H groups in total. The molecular formula is C33H41N5O3. The lowest BCUT2D eigenvalue weighted by molar-refractivity contribution is -0.126. The predicted octanol–water partition coefficient (Wildman–Crippen LogP) is 5.47. The Morgan fingerprint density at radius 3 is 2.63 bits per heavy atom. The fourth-order valence-corrected chi connectivity index (χ4v) is 6.83. The fraction of sp³-hybridized carbons (Fsp3) is 0.485. The van der Waals surface area contributed by atoms with Gasteiger partial charge in [0.05, 0.1) is 18.3 Å². The monoisotopic (exact) mass is 555 g/mol. The van der Waals surface area contributed by atoms with Crippen molar-refractivity contribution in [2.45, 2.75) is 64.5 Å². The molecule has 1 aliphatic carbocycles. The number of nitrogens with zero attached hydrogens (tertiary/aromatic N) is 5. The molecule has 6 rings (SSSR count). The van der Waals surface area contributed by atoms with Crippen molar-refractivity contribution < 1.29 is 14.6 Å². The maximum absolute atomic E-state index is 12.2. The Morgan fingerprint density at radius 1 is 1.07 bits per heavy atom. The Labute approximate surface area is 242 Å². The van der Waals surface area contributed by atoms with E-state index in [0.29, 0.717) is 44.7 Å². The molecule has 0 bridgehead atoms. The van der Waals surface area contributed by atoms with E-state index in [0.717, 1.165) is 52.9 Å². The smallest absolute Gasteiger partial charge is 0.318 e. The zero-order valence-electron chi connectivity index (χ0n) is 24.1. The number of carbonyl (C=O) groups excluding carboxylic acids is 1. The Hall–Kier alpha value is -3.81. The van der Waals surface area contributed by atoms with Crippen LogP contribution in [0.1, 0.15) is 56.7 Å². The van der Waals surface area contributed by atoms with Crippen LogP contribution in [-0.4, -0.2) is 64.7 Å². The Balaban J connectivity index is 1.29. The SMILES string of the molecule is C=CC(=O)N1CCN(c2nc(O[C@H](C)CC3CCCCC3)nc3c2CCN(c2cc(O)cc4ccccc24)C3)CC1. The average molecular weight is 556 g/mol. The minimum Gasteiger partial charge on any atom is -0.508 e. The summed E-state index contributed by atoms with van der Waals surface area (Å²) < 4.78 is 6.44. The standard InChI is InChI=1S/C33H41N5O3/c1-3-31(40)36-15-17-37(18-16-36)32-28-13-14-38(30-21-26(39)20-25-11-7-8-12-27(25)30)22-29(28)34-33(35-32)41-23(2)19-24-9-5-4-6-10-24/h3,7-8,11-12,20-21,23-24,39H,1,4-6,9-10,13-19,22H2,2H3/t23-/m1/s1. The van der Waals surface area contributed by atoms with Gasteiger partial charge >= 0.3 is 6.01 Å². The number of phenolic OH excluding ortho intramolecular Hbond substituents is 1. The summed E-state index contributed by atoms with van der Waals surface area (Å²) in [7, 11) is 0. The van der Waals surface area contributed by atoms with Crippen LogP contribution in [-0.2, 0) is 17.8 Å². The molecule has 1 atom stereocenters. The van der Waals surface area contributed by atoms with Gasteiger partial charge in [0.25, 0.3) is 0 Å². The molecule has 0 spiro atoms. The number of carbonyl (C=O) groups is 1. The molecule has 8 heteroatoms. The van der Waals surface area contributed by atoms with Crippen molar-refractivity contribution in [1.29, 1.82) is 0 Å². The van der Waals surface area contributed by atoms with E-state index in [4.69, 9.17) is 14.7 Å². The first-order valence-electron chi connectivity index (χ1n) is 15.2. The van der Waals surface area contributed by atoms with Gasteiger partial charge in [0.2, 0.25) is 5.91 Å². The normalized spacial score (nSPS) is 18.7. The summed E-state index contributed by atoms with van der Waals surface area (Å²) in [5.41, 5.74) is 3.13. The highest BCUT2D eigenvalue weighted by molar-refractivity contribution is 5.95. The van der Waals surface area contributed by atoms with Gasteiger partial charge in [-0.1, -0.05) is 62.9 Å². The van der Waals surface area contributed by atoms with Crippen molar-refractivity contribution in [2.24, 2.45) is 5.92 Å². The molecule has 1 amide bonds. The molecule has 2 aromatic carbocycles. The van der Waals surface area contributed by atoms with E-state index in [-0.39, 0.29) is 17.8 Å². The van der Waals surface area contributed by atoms with Gasteiger partial charge in [-0.25, -0.2) is 0 Å². The number of piperazine rings is 1. The van der Waals surface area contributed by atoms with Gasteiger partial charge in [-0.05, 0) is 43.2 Å². The van der Waals surface area contributed by atoms with Crippen molar-refractivity contribution in [2.75, 3.05) is 42.5 Å². The summed E-state index contributed by atoms with van der Waals surface area (Å²) in [5, 5.41) is 12.6. The second kappa shape index (κ2) is 12.0. The summed E-state index contributed by atoms with van der Waals surface area (Å²) in [6.45, 7) is 9.89. The van der Waals surface area contributed by atoms with Crippen LogP contribution in [0.3, 0.4) is 0 Å². The lowest BCUT2D eigenvalue weighted by Crippen LogP contribution is -2.49. The number of ether oxygens (including phenoxy) is 1. The Morgan fingerprint density at radius 2 is 1.85 bits per heavy atom. The van der Waals surface area contributed by atoms with E-state index in [1.807, 2.05) is 35.2 Å². The highest BCUT2D eigenvalue weighted by Crippen LogP contribution is 2.37. The second-order valence-electron chi connectivity index (χ2n) is 11.8. The van der Waals surface area contributed by atoms with E-state index in [9.17, 15) is 9.90 Å². The zero-order chi connectivity index (χ0) is 28.3. The number of benzene rings is 2. The minimum absolute atomic E-state index is 0.0242. The number of anilines is 2. The van der Waals surface area contributed by atoms with Crippen LogP contribution in [0.25, 0.3) is 10.8 Å². The lowest BCUT2D eigenvalue weighted by atomic mass is 9.86. The first kappa shape index (κ1) is 27.4. The van der Waals surface area contributed by atoms with E-state index >= 15 is 0 Å². The summed E-state index contributed by atoms with van der Waals surface area (Å²) in [5.74, 6) is 1.88. The van der Waals surface area contributed by atoms with Crippen LogP contribution in [0.4, 0.5) is 11.5 Å². The summed E-state index contributed by atoms with van der Waals surface area (Å²) in [6.07, 6.45) is 9.79. The molecule has 1 saturated carbocycles. The molecule has 3 aromatic rings. The van der Waals surface area contributed by atoms with Crippen LogP contribution in [0.2, 0.25) is 0 Å². The summed E-state index contributed by atoms with van der Waals surface area (Å²) >= 11 is 0. The number of fused-ring (bicyclic) bond motifs is 2. The van der Waals surface area contributed by atoms with Crippen LogP contribution < -0.4 is 14.5 Å². The van der Waals surface area contributed by atoms with Gasteiger partial charge in [0.1, 0.15) is 11.6 Å². The van der Waals surface area contributed by atoms with Crippen molar-refractivity contribution in [1.82, 2.24) is 14.9 Å². The fourth-order valence-electron chi connectivity index (χ4n) is 6.83. The van der Waals surface area contributed by atoms with Gasteiger partial charge in [0.15, 0.2) is 0 Å². The quantitative estimate of drug-likeness (QED) is 0.387. The van der Waals surface area contributed by atoms with Crippen molar-refractivity contribution in [3.63, 3.8) is 0 Å². The van der Waals surface area contributed by atoms with E-state index < -0.39 is 0 Å². The summed E-state index contributed by atoms with van der Waals surface area (Å²) in [6, 6.07) is 12.3. The molecule has 0 radical (unpaired) electrons. The van der Waals surface area contributed by atoms with E-state index in [1.165, 1.54) is 38.2 Å². The van der Waals surface area contributed by atoms with E-state index in [1.54, 1.807) is 0 Å². The largest absolute Gasteiger partial charge is 0.508 e. The van der Waals surface area contributed by atoms with Gasteiger partial charge in [-0.2, -0.15) is 9.97 Å². The molecule has 8 nitrogen and oxygen atoms in total. The molecule has 3 heterocycles. The third-order valence-electron chi connectivity index (χ3n) is 8.95. The Bertz CT molecular complexity index is 1410. The van der Waals surface area contributed by atoms with Crippen molar-refractivity contribution >= 4 is 28.2 Å². The maximum Gasteiger partial charge on any atom is 0.318 e. The molecule has 1 aromatic heterocycles. The van der Waals surface area contributed by atoms with Gasteiger partial charge in [-0.3, -0.25) is 4.79 Å². The number of hydrogen-bond acceptors (Lipinski definition) is 7. The predicted molar refractivity (Wildman–Crippen MR) is 163 cm³/mol. The van der Waals surface area contributed by atoms with Gasteiger partial charge in [-0.15, -0.1) is 0 Å². The van der Waals surface area contributed by atoms with Crippen LogP contribution >= 0.6 is 0 Å². The van der Waals surface area contributed by atoms with Crippen molar-refractivity contribution in [3.8, 4) is 11.8 Å². The highest BCUT2D eigenvalue weighted by atomic mass is 16.5. The number of hydrogen-bond donors (Lipinski definition) is 1. The maximum atomic E-state index is 12.2. The highest BCUT2D eigenvalue weighted by Gasteiger charge is 2.29. The average Bonchev–Trinajstić information content (AvgIpc) is 3.00. The van der Waals surface area contributed by atoms with Crippen LogP contribution in [0.15, 0.2) is 49.1 Å². The third kappa shape index (κ3) is 5.97. The zero-order valence-corrected chi connectivity index (χ0v) is 24.1. The molecule has 2 fully saturated rings. The topological polar surface area (TPSA) is 82.0 Å². The molecule has 216 valence electrons.